The minimum Gasteiger partial charge on any atom is -0.380 e. The monoisotopic (exact) mass is 276 g/mol. The first-order chi connectivity index (χ1) is 9.74. The maximum Gasteiger partial charge on any atom is 0.227 e. The van der Waals surface area contributed by atoms with Crippen LogP contribution in [0.5, 0.6) is 0 Å². The van der Waals surface area contributed by atoms with Gasteiger partial charge in [-0.25, -0.2) is 0 Å². The van der Waals surface area contributed by atoms with Crippen molar-refractivity contribution in [3.05, 3.63) is 29.8 Å². The molecule has 0 saturated heterocycles. The van der Waals surface area contributed by atoms with Crippen molar-refractivity contribution < 1.29 is 9.53 Å². The SMILES string of the molecule is COCc1ccccc1NC(=O)C1CCC(CN)CC1. The normalized spacial score (nSPS) is 22.5. The number of methoxy groups -OCH3 is 1. The molecule has 0 heterocycles. The van der Waals surface area contributed by atoms with E-state index in [4.69, 9.17) is 10.5 Å². The van der Waals surface area contributed by atoms with E-state index in [-0.39, 0.29) is 11.8 Å². The van der Waals surface area contributed by atoms with E-state index in [0.717, 1.165) is 43.5 Å². The van der Waals surface area contributed by atoms with Crippen molar-refractivity contribution in [2.45, 2.75) is 32.3 Å². The van der Waals surface area contributed by atoms with Gasteiger partial charge < -0.3 is 15.8 Å². The molecular weight excluding hydrogens is 252 g/mol. The molecular formula is C16H24N2O2. The third kappa shape index (κ3) is 3.81. The molecule has 0 aliphatic heterocycles. The first-order valence-corrected chi connectivity index (χ1v) is 7.32. The molecule has 1 saturated carbocycles. The summed E-state index contributed by atoms with van der Waals surface area (Å²) in [5.41, 5.74) is 7.56. The number of hydrogen-bond acceptors (Lipinski definition) is 3. The summed E-state index contributed by atoms with van der Waals surface area (Å²) < 4.78 is 5.16. The Hall–Kier alpha value is -1.39. The molecule has 0 bridgehead atoms. The number of rotatable bonds is 5. The first kappa shape index (κ1) is 15.0. The van der Waals surface area contributed by atoms with E-state index in [9.17, 15) is 4.79 Å². The number of amides is 1. The van der Waals surface area contributed by atoms with Gasteiger partial charge in [-0.3, -0.25) is 4.79 Å². The summed E-state index contributed by atoms with van der Waals surface area (Å²) in [7, 11) is 1.66. The van der Waals surface area contributed by atoms with Crippen LogP contribution in [0.4, 0.5) is 5.69 Å². The zero-order chi connectivity index (χ0) is 14.4. The van der Waals surface area contributed by atoms with Gasteiger partial charge in [0.25, 0.3) is 0 Å². The van der Waals surface area contributed by atoms with Crippen LogP contribution in [0.25, 0.3) is 0 Å². The topological polar surface area (TPSA) is 64.3 Å². The summed E-state index contributed by atoms with van der Waals surface area (Å²) in [4.78, 5) is 12.3. The van der Waals surface area contributed by atoms with E-state index >= 15 is 0 Å². The summed E-state index contributed by atoms with van der Waals surface area (Å²) in [6.45, 7) is 1.25. The Kier molecular flexibility index (Phi) is 5.56. The Morgan fingerprint density at radius 3 is 2.65 bits per heavy atom. The van der Waals surface area contributed by atoms with Crippen molar-refractivity contribution in [2.24, 2.45) is 17.6 Å². The summed E-state index contributed by atoms with van der Waals surface area (Å²) in [5.74, 6) is 0.845. The van der Waals surface area contributed by atoms with E-state index in [0.29, 0.717) is 12.5 Å². The number of anilines is 1. The summed E-state index contributed by atoms with van der Waals surface area (Å²) in [6, 6.07) is 7.79. The highest BCUT2D eigenvalue weighted by molar-refractivity contribution is 5.93. The van der Waals surface area contributed by atoms with Crippen molar-refractivity contribution in [3.8, 4) is 0 Å². The van der Waals surface area contributed by atoms with Crippen LogP contribution in [0.2, 0.25) is 0 Å². The van der Waals surface area contributed by atoms with Gasteiger partial charge >= 0.3 is 0 Å². The van der Waals surface area contributed by atoms with Gasteiger partial charge in [-0.15, -0.1) is 0 Å². The van der Waals surface area contributed by atoms with Gasteiger partial charge in [0.05, 0.1) is 6.61 Å². The molecule has 1 aromatic carbocycles. The molecule has 110 valence electrons. The van der Waals surface area contributed by atoms with Crippen molar-refractivity contribution >= 4 is 11.6 Å². The molecule has 1 aromatic rings. The quantitative estimate of drug-likeness (QED) is 0.868. The third-order valence-electron chi connectivity index (χ3n) is 4.13. The number of carbonyl (C=O) groups is 1. The van der Waals surface area contributed by atoms with Gasteiger partial charge in [0.15, 0.2) is 0 Å². The second kappa shape index (κ2) is 7.41. The van der Waals surface area contributed by atoms with Crippen LogP contribution in [0.15, 0.2) is 24.3 Å². The second-order valence-corrected chi connectivity index (χ2v) is 5.53. The van der Waals surface area contributed by atoms with E-state index in [1.54, 1.807) is 7.11 Å². The van der Waals surface area contributed by atoms with Crippen LogP contribution in [-0.4, -0.2) is 19.6 Å². The highest BCUT2D eigenvalue weighted by Gasteiger charge is 2.25. The number of carbonyl (C=O) groups excluding carboxylic acids is 1. The molecule has 0 atom stereocenters. The molecule has 3 N–H and O–H groups in total. The maximum absolute atomic E-state index is 12.3. The molecule has 0 unspecified atom stereocenters. The molecule has 1 aliphatic carbocycles. The molecule has 0 spiro atoms. The van der Waals surface area contributed by atoms with Gasteiger partial charge in [-0.05, 0) is 44.2 Å². The van der Waals surface area contributed by atoms with Crippen molar-refractivity contribution in [2.75, 3.05) is 19.0 Å². The molecule has 1 amide bonds. The number of nitrogens with two attached hydrogens (primary N) is 1. The molecule has 1 aliphatic rings. The smallest absolute Gasteiger partial charge is 0.227 e. The molecule has 2 rings (SSSR count). The lowest BCUT2D eigenvalue weighted by molar-refractivity contribution is -0.121. The van der Waals surface area contributed by atoms with Crippen LogP contribution in [-0.2, 0) is 16.1 Å². The highest BCUT2D eigenvalue weighted by Crippen LogP contribution is 2.29. The standard InChI is InChI=1S/C16H24N2O2/c1-20-11-14-4-2-3-5-15(14)18-16(19)13-8-6-12(10-17)7-9-13/h2-5,12-13H,6-11,17H2,1H3,(H,18,19). The Balaban J connectivity index is 1.95. The van der Waals surface area contributed by atoms with Crippen LogP contribution >= 0.6 is 0 Å². The lowest BCUT2D eigenvalue weighted by Gasteiger charge is -2.27. The predicted molar refractivity (Wildman–Crippen MR) is 80.3 cm³/mol. The van der Waals surface area contributed by atoms with E-state index in [2.05, 4.69) is 5.32 Å². The number of benzene rings is 1. The fourth-order valence-corrected chi connectivity index (χ4v) is 2.82. The van der Waals surface area contributed by atoms with E-state index in [1.807, 2.05) is 24.3 Å². The van der Waals surface area contributed by atoms with Crippen LogP contribution in [0, 0.1) is 11.8 Å². The maximum atomic E-state index is 12.3. The number of para-hydroxylation sites is 1. The highest BCUT2D eigenvalue weighted by atomic mass is 16.5. The first-order valence-electron chi connectivity index (χ1n) is 7.32. The van der Waals surface area contributed by atoms with Gasteiger partial charge in [0.2, 0.25) is 5.91 Å². The Morgan fingerprint density at radius 1 is 1.30 bits per heavy atom. The average molecular weight is 276 g/mol. The van der Waals surface area contributed by atoms with Crippen molar-refractivity contribution in [1.82, 2.24) is 0 Å². The van der Waals surface area contributed by atoms with Crippen molar-refractivity contribution in [3.63, 3.8) is 0 Å². The molecule has 20 heavy (non-hydrogen) atoms. The van der Waals surface area contributed by atoms with Crippen LogP contribution in [0.3, 0.4) is 0 Å². The molecule has 1 fully saturated rings. The van der Waals surface area contributed by atoms with E-state index in [1.165, 1.54) is 0 Å². The Labute approximate surface area is 120 Å². The zero-order valence-corrected chi connectivity index (χ0v) is 12.1. The Bertz CT molecular complexity index is 440. The second-order valence-electron chi connectivity index (χ2n) is 5.53. The molecule has 4 nitrogen and oxygen atoms in total. The Morgan fingerprint density at radius 2 is 2.00 bits per heavy atom. The largest absolute Gasteiger partial charge is 0.380 e. The van der Waals surface area contributed by atoms with E-state index < -0.39 is 0 Å². The number of ether oxygens (including phenoxy) is 1. The van der Waals surface area contributed by atoms with Gasteiger partial charge in [0, 0.05) is 24.3 Å². The van der Waals surface area contributed by atoms with Gasteiger partial charge in [-0.2, -0.15) is 0 Å². The number of hydrogen-bond donors (Lipinski definition) is 2. The lowest BCUT2D eigenvalue weighted by atomic mass is 9.81. The predicted octanol–water partition coefficient (Wildman–Crippen LogP) is 2.54. The van der Waals surface area contributed by atoms with Crippen LogP contribution < -0.4 is 11.1 Å². The van der Waals surface area contributed by atoms with Crippen LogP contribution in [0.1, 0.15) is 31.2 Å². The van der Waals surface area contributed by atoms with Gasteiger partial charge in [-0.1, -0.05) is 18.2 Å². The fraction of sp³-hybridized carbons (Fsp3) is 0.562. The summed E-state index contributed by atoms with van der Waals surface area (Å²) >= 11 is 0. The zero-order valence-electron chi connectivity index (χ0n) is 12.1. The molecule has 0 aromatic heterocycles. The summed E-state index contributed by atoms with van der Waals surface area (Å²) in [5, 5.41) is 3.05. The van der Waals surface area contributed by atoms with Gasteiger partial charge in [0.1, 0.15) is 0 Å². The number of nitrogens with one attached hydrogen (secondary N) is 1. The summed E-state index contributed by atoms with van der Waals surface area (Å²) in [6.07, 6.45) is 4.02. The molecule has 0 radical (unpaired) electrons. The minimum atomic E-state index is 0.119. The fourth-order valence-electron chi connectivity index (χ4n) is 2.82. The third-order valence-corrected chi connectivity index (χ3v) is 4.13. The minimum absolute atomic E-state index is 0.119. The van der Waals surface area contributed by atoms with Crippen molar-refractivity contribution in [1.29, 1.82) is 0 Å². The average Bonchev–Trinajstić information content (AvgIpc) is 2.49. The lowest BCUT2D eigenvalue weighted by Crippen LogP contribution is -2.29. The molecule has 4 heteroatoms.